The Morgan fingerprint density at radius 2 is 1.40 bits per heavy atom. The lowest BCUT2D eigenvalue weighted by atomic mass is 10.1. The van der Waals surface area contributed by atoms with Crippen LogP contribution in [0.2, 0.25) is 0 Å². The largest absolute Gasteiger partial charge is 0.396 e. The molecule has 0 aliphatic rings. The minimum absolute atomic E-state index is 0.689. The summed E-state index contributed by atoms with van der Waals surface area (Å²) in [4.78, 5) is 0. The van der Waals surface area contributed by atoms with Crippen molar-refractivity contribution in [1.29, 1.82) is 0 Å². The summed E-state index contributed by atoms with van der Waals surface area (Å²) in [5.41, 5.74) is 12.1. The number of hydrogen-bond donors (Lipinski definition) is 1. The van der Waals surface area contributed by atoms with Crippen molar-refractivity contribution in [1.82, 2.24) is 9.78 Å². The Labute approximate surface area is 118 Å². The van der Waals surface area contributed by atoms with Gasteiger partial charge in [-0.2, -0.15) is 5.10 Å². The van der Waals surface area contributed by atoms with Crippen LogP contribution in [0.1, 0.15) is 11.1 Å². The fraction of sp³-hybridized carbons (Fsp3) is 0.118. The van der Waals surface area contributed by atoms with Gasteiger partial charge in [0.1, 0.15) is 5.69 Å². The fourth-order valence-electron chi connectivity index (χ4n) is 2.15. The molecule has 2 aromatic carbocycles. The van der Waals surface area contributed by atoms with Gasteiger partial charge in [-0.15, -0.1) is 0 Å². The summed E-state index contributed by atoms with van der Waals surface area (Å²) in [5, 5.41) is 4.60. The summed E-state index contributed by atoms with van der Waals surface area (Å²) in [7, 11) is 0. The molecule has 0 spiro atoms. The topological polar surface area (TPSA) is 43.8 Å². The number of nitrogens with zero attached hydrogens (tertiary/aromatic N) is 2. The minimum Gasteiger partial charge on any atom is -0.396 e. The van der Waals surface area contributed by atoms with Gasteiger partial charge in [0.05, 0.1) is 17.6 Å². The van der Waals surface area contributed by atoms with E-state index in [-0.39, 0.29) is 0 Å². The molecule has 3 heteroatoms. The summed E-state index contributed by atoms with van der Waals surface area (Å²) in [6.45, 7) is 4.14. The van der Waals surface area contributed by atoms with Crippen molar-refractivity contribution in [3.05, 3.63) is 65.9 Å². The summed E-state index contributed by atoms with van der Waals surface area (Å²) in [5.74, 6) is 0. The Bertz CT molecular complexity index is 722. The van der Waals surface area contributed by atoms with Crippen LogP contribution in [0.15, 0.2) is 54.7 Å². The zero-order chi connectivity index (χ0) is 14.1. The Morgan fingerprint density at radius 3 is 2.00 bits per heavy atom. The van der Waals surface area contributed by atoms with Gasteiger partial charge in [-0.1, -0.05) is 47.5 Å². The van der Waals surface area contributed by atoms with E-state index in [9.17, 15) is 0 Å². The van der Waals surface area contributed by atoms with E-state index < -0.39 is 0 Å². The van der Waals surface area contributed by atoms with Crippen molar-refractivity contribution < 1.29 is 0 Å². The third-order valence-electron chi connectivity index (χ3n) is 3.37. The van der Waals surface area contributed by atoms with Crippen LogP contribution in [-0.4, -0.2) is 9.78 Å². The van der Waals surface area contributed by atoms with Crippen LogP contribution < -0.4 is 5.73 Å². The van der Waals surface area contributed by atoms with Gasteiger partial charge in [-0.3, -0.25) is 0 Å². The molecule has 0 aliphatic heterocycles. The second-order valence-corrected chi connectivity index (χ2v) is 5.08. The highest BCUT2D eigenvalue weighted by Crippen LogP contribution is 2.25. The molecule has 3 nitrogen and oxygen atoms in total. The maximum absolute atomic E-state index is 6.10. The van der Waals surface area contributed by atoms with Crippen LogP contribution in [0.4, 0.5) is 5.69 Å². The van der Waals surface area contributed by atoms with Crippen molar-refractivity contribution in [2.75, 3.05) is 5.73 Å². The van der Waals surface area contributed by atoms with E-state index in [1.165, 1.54) is 11.1 Å². The molecule has 0 atom stereocenters. The van der Waals surface area contributed by atoms with Crippen LogP contribution in [0.5, 0.6) is 0 Å². The lowest BCUT2D eigenvalue weighted by Gasteiger charge is -2.01. The zero-order valence-electron chi connectivity index (χ0n) is 11.7. The predicted octanol–water partition coefficient (Wildman–Crippen LogP) is 3.74. The van der Waals surface area contributed by atoms with Crippen LogP contribution in [-0.2, 0) is 0 Å². The first-order valence-corrected chi connectivity index (χ1v) is 6.63. The van der Waals surface area contributed by atoms with Crippen molar-refractivity contribution in [3.8, 4) is 16.9 Å². The molecule has 2 N–H and O–H groups in total. The van der Waals surface area contributed by atoms with Crippen LogP contribution in [0.3, 0.4) is 0 Å². The summed E-state index contributed by atoms with van der Waals surface area (Å²) < 4.78 is 1.82. The Balaban J connectivity index is 2.02. The molecule has 0 fully saturated rings. The normalized spacial score (nSPS) is 10.7. The molecule has 0 unspecified atom stereocenters. The smallest absolute Gasteiger partial charge is 0.116 e. The Morgan fingerprint density at radius 1 is 0.850 bits per heavy atom. The number of nitrogens with two attached hydrogens (primary N) is 1. The van der Waals surface area contributed by atoms with Gasteiger partial charge in [0.15, 0.2) is 0 Å². The molecule has 0 saturated heterocycles. The van der Waals surface area contributed by atoms with E-state index in [1.54, 1.807) is 0 Å². The van der Waals surface area contributed by atoms with Crippen LogP contribution in [0.25, 0.3) is 16.9 Å². The molecule has 0 aliphatic carbocycles. The van der Waals surface area contributed by atoms with Crippen LogP contribution >= 0.6 is 0 Å². The average Bonchev–Trinajstić information content (AvgIpc) is 2.82. The van der Waals surface area contributed by atoms with Gasteiger partial charge in [0.25, 0.3) is 0 Å². The highest BCUT2D eigenvalue weighted by Gasteiger charge is 2.09. The predicted molar refractivity (Wildman–Crippen MR) is 82.9 cm³/mol. The first-order chi connectivity index (χ1) is 9.63. The molecular formula is C17H17N3. The quantitative estimate of drug-likeness (QED) is 0.765. The Kier molecular flexibility index (Phi) is 3.03. The molecule has 0 radical (unpaired) electrons. The van der Waals surface area contributed by atoms with E-state index >= 15 is 0 Å². The highest BCUT2D eigenvalue weighted by atomic mass is 15.3. The van der Waals surface area contributed by atoms with Gasteiger partial charge >= 0.3 is 0 Å². The first-order valence-electron chi connectivity index (χ1n) is 6.63. The van der Waals surface area contributed by atoms with Gasteiger partial charge < -0.3 is 5.73 Å². The van der Waals surface area contributed by atoms with Crippen molar-refractivity contribution in [3.63, 3.8) is 0 Å². The summed E-state index contributed by atoms with van der Waals surface area (Å²) >= 11 is 0. The molecular weight excluding hydrogens is 246 g/mol. The lowest BCUT2D eigenvalue weighted by molar-refractivity contribution is 0.884. The molecule has 0 saturated carbocycles. The molecule has 0 bridgehead atoms. The highest BCUT2D eigenvalue weighted by molar-refractivity contribution is 5.72. The van der Waals surface area contributed by atoms with Crippen molar-refractivity contribution in [2.24, 2.45) is 0 Å². The minimum atomic E-state index is 0.689. The second kappa shape index (κ2) is 4.85. The van der Waals surface area contributed by atoms with Crippen molar-refractivity contribution >= 4 is 5.69 Å². The molecule has 20 heavy (non-hydrogen) atoms. The summed E-state index contributed by atoms with van der Waals surface area (Å²) in [6, 6.07) is 16.5. The van der Waals surface area contributed by atoms with Gasteiger partial charge in [-0.05, 0) is 26.0 Å². The van der Waals surface area contributed by atoms with E-state index in [1.807, 2.05) is 35.1 Å². The average molecular weight is 263 g/mol. The van der Waals surface area contributed by atoms with Gasteiger partial charge in [0, 0.05) is 5.56 Å². The summed E-state index contributed by atoms with van der Waals surface area (Å²) in [6.07, 6.45) is 1.86. The molecule has 0 amide bonds. The number of rotatable bonds is 2. The third-order valence-corrected chi connectivity index (χ3v) is 3.37. The second-order valence-electron chi connectivity index (χ2n) is 5.08. The SMILES string of the molecule is Cc1ccc(-c2nn(-c3ccc(C)cc3)cc2N)cc1. The fourth-order valence-corrected chi connectivity index (χ4v) is 2.15. The van der Waals surface area contributed by atoms with Gasteiger partial charge in [-0.25, -0.2) is 4.68 Å². The van der Waals surface area contributed by atoms with Crippen molar-refractivity contribution in [2.45, 2.75) is 13.8 Å². The number of aryl methyl sites for hydroxylation is 2. The maximum Gasteiger partial charge on any atom is 0.116 e. The molecule has 1 heterocycles. The number of benzene rings is 2. The zero-order valence-corrected chi connectivity index (χ0v) is 11.7. The van der Waals surface area contributed by atoms with E-state index in [4.69, 9.17) is 5.73 Å². The number of nitrogen functional groups attached to an aromatic ring is 1. The number of anilines is 1. The molecule has 100 valence electrons. The molecule has 3 aromatic rings. The molecule has 3 rings (SSSR count). The lowest BCUT2D eigenvalue weighted by Crippen LogP contribution is -1.94. The van der Waals surface area contributed by atoms with Crippen LogP contribution in [0, 0.1) is 13.8 Å². The molecule has 1 aromatic heterocycles. The maximum atomic E-state index is 6.10. The number of aromatic nitrogens is 2. The first kappa shape index (κ1) is 12.5. The van der Waals surface area contributed by atoms with Gasteiger partial charge in [0.2, 0.25) is 0 Å². The number of hydrogen-bond acceptors (Lipinski definition) is 2. The van der Waals surface area contributed by atoms with E-state index in [0.717, 1.165) is 16.9 Å². The standard InChI is InChI=1S/C17H17N3/c1-12-3-7-14(8-4-12)17-16(18)11-20(19-17)15-9-5-13(2)6-10-15/h3-11H,18H2,1-2H3. The third kappa shape index (κ3) is 2.30. The monoisotopic (exact) mass is 263 g/mol. The van der Waals surface area contributed by atoms with E-state index in [2.05, 4.69) is 43.2 Å². The Hall–Kier alpha value is -2.55. The van der Waals surface area contributed by atoms with E-state index in [0.29, 0.717) is 5.69 Å².